The summed E-state index contributed by atoms with van der Waals surface area (Å²) < 4.78 is 10.5. The number of aromatic carboxylic acids is 2. The maximum atomic E-state index is 12.7. The minimum Gasteiger partial charge on any atom is -0.545 e. The number of benzene rings is 4. The number of para-hydroxylation sites is 2. The van der Waals surface area contributed by atoms with Crippen molar-refractivity contribution in [1.29, 1.82) is 0 Å². The van der Waals surface area contributed by atoms with Crippen LogP contribution < -0.4 is 30.3 Å². The first-order chi connectivity index (χ1) is 20.7. The molecule has 0 fully saturated rings. The van der Waals surface area contributed by atoms with Gasteiger partial charge in [0.05, 0.1) is 39.0 Å². The number of ether oxygens (including phenoxy) is 2. The van der Waals surface area contributed by atoms with Gasteiger partial charge in [-0.05, 0) is 53.9 Å². The molecule has 0 aliphatic rings. The molecular weight excluding hydrogens is 552 g/mol. The molecule has 4 aromatic carbocycles. The van der Waals surface area contributed by atoms with E-state index in [-0.39, 0.29) is 41.8 Å². The van der Waals surface area contributed by atoms with Gasteiger partial charge in [-0.2, -0.15) is 0 Å². The van der Waals surface area contributed by atoms with Crippen LogP contribution in [-0.2, 0) is 28.9 Å². The largest absolute Gasteiger partial charge is 0.545 e. The number of amides is 2. The van der Waals surface area contributed by atoms with Crippen LogP contribution in [0.3, 0.4) is 0 Å². The molecule has 0 heterocycles. The van der Waals surface area contributed by atoms with Crippen molar-refractivity contribution in [3.05, 3.63) is 118 Å². The van der Waals surface area contributed by atoms with E-state index in [0.29, 0.717) is 33.8 Å². The van der Waals surface area contributed by atoms with Crippen LogP contribution in [-0.4, -0.2) is 38.0 Å². The summed E-state index contributed by atoms with van der Waals surface area (Å²) in [7, 11) is 2.99. The summed E-state index contributed by atoms with van der Waals surface area (Å²) in [5.41, 5.74) is 1.99. The van der Waals surface area contributed by atoms with Crippen LogP contribution in [0, 0.1) is 0 Å². The molecule has 4 aromatic rings. The van der Waals surface area contributed by atoms with E-state index in [4.69, 9.17) is 9.47 Å². The number of carbonyl (C=O) groups excluding carboxylic acids is 4. The van der Waals surface area contributed by atoms with Crippen LogP contribution in [0.25, 0.3) is 0 Å². The summed E-state index contributed by atoms with van der Waals surface area (Å²) in [6.45, 7) is 0. The molecule has 10 heteroatoms. The fraction of sp³-hybridized carbons (Fsp3) is 0.152. The molecule has 0 radical (unpaired) electrons. The molecule has 2 amide bonds. The van der Waals surface area contributed by atoms with Gasteiger partial charge in [-0.3, -0.25) is 9.59 Å². The standard InChI is InChI=1S/C33H30N2O8/c1-42-28-9-5-3-7-22(28)18-30(36)34-26-13-11-20(16-24(26)32(38)39)15-21-12-14-27(25(17-21)33(40)41)35-31(37)19-23-8-4-6-10-29(23)43-2/h3-14,16-17H,15,18-19H2,1-2H3,(H,34,36)(H,35,37)(H,38,39)(H,40,41)/p-2. The summed E-state index contributed by atoms with van der Waals surface area (Å²) in [5, 5.41) is 29.0. The molecule has 0 spiro atoms. The van der Waals surface area contributed by atoms with Crippen molar-refractivity contribution < 1.29 is 38.9 Å². The first-order valence-corrected chi connectivity index (χ1v) is 13.2. The Kier molecular flexibility index (Phi) is 9.74. The summed E-state index contributed by atoms with van der Waals surface area (Å²) in [6, 6.07) is 22.8. The highest BCUT2D eigenvalue weighted by Gasteiger charge is 2.15. The van der Waals surface area contributed by atoms with E-state index >= 15 is 0 Å². The second kappa shape index (κ2) is 13.8. The zero-order valence-electron chi connectivity index (χ0n) is 23.5. The predicted molar refractivity (Wildman–Crippen MR) is 155 cm³/mol. The Hall–Kier alpha value is -5.64. The average molecular weight is 581 g/mol. The van der Waals surface area contributed by atoms with Gasteiger partial charge in [-0.25, -0.2) is 0 Å². The third-order valence-electron chi connectivity index (χ3n) is 6.65. The minimum atomic E-state index is -1.49. The summed E-state index contributed by atoms with van der Waals surface area (Å²) in [5.74, 6) is -2.79. The Bertz CT molecular complexity index is 1560. The Morgan fingerprint density at radius 2 is 1.00 bits per heavy atom. The summed E-state index contributed by atoms with van der Waals surface area (Å²) in [6.07, 6.45) is 0.0868. The SMILES string of the molecule is COc1ccccc1CC(=O)Nc1ccc(Cc2ccc(NC(=O)Cc3ccccc3OC)c(C(=O)[O-])c2)cc1C(=O)[O-]. The molecule has 0 atom stereocenters. The Morgan fingerprint density at radius 3 is 1.37 bits per heavy atom. The van der Waals surface area contributed by atoms with Gasteiger partial charge in [0.15, 0.2) is 0 Å². The number of nitrogens with one attached hydrogen (secondary N) is 2. The van der Waals surface area contributed by atoms with Crippen LogP contribution in [0.2, 0.25) is 0 Å². The zero-order valence-corrected chi connectivity index (χ0v) is 23.5. The van der Waals surface area contributed by atoms with Gasteiger partial charge in [0.2, 0.25) is 11.8 Å². The van der Waals surface area contributed by atoms with Crippen LogP contribution >= 0.6 is 0 Å². The highest BCUT2D eigenvalue weighted by Crippen LogP contribution is 2.25. The Labute approximate surface area is 247 Å². The topological polar surface area (TPSA) is 157 Å². The molecular formula is C33H28N2O8-2. The van der Waals surface area contributed by atoms with Gasteiger partial charge in [0.25, 0.3) is 0 Å². The predicted octanol–water partition coefficient (Wildman–Crippen LogP) is 2.38. The number of carboxylic acids is 2. The van der Waals surface area contributed by atoms with Crippen molar-refractivity contribution in [2.24, 2.45) is 0 Å². The highest BCUT2D eigenvalue weighted by atomic mass is 16.5. The van der Waals surface area contributed by atoms with Crippen molar-refractivity contribution in [3.63, 3.8) is 0 Å². The highest BCUT2D eigenvalue weighted by molar-refractivity contribution is 6.01. The lowest BCUT2D eigenvalue weighted by atomic mass is 9.99. The van der Waals surface area contributed by atoms with Crippen molar-refractivity contribution in [2.45, 2.75) is 19.3 Å². The van der Waals surface area contributed by atoms with E-state index in [9.17, 15) is 29.4 Å². The number of hydrogen-bond donors (Lipinski definition) is 2. The first-order valence-electron chi connectivity index (χ1n) is 13.2. The molecule has 0 bridgehead atoms. The van der Waals surface area contributed by atoms with Crippen LogP contribution in [0.5, 0.6) is 11.5 Å². The number of rotatable bonds is 12. The number of carbonyl (C=O) groups is 4. The van der Waals surface area contributed by atoms with E-state index in [2.05, 4.69) is 10.6 Å². The number of carboxylic acid groups (broad SMARTS) is 2. The van der Waals surface area contributed by atoms with Crippen LogP contribution in [0.1, 0.15) is 43.0 Å². The van der Waals surface area contributed by atoms with Crippen molar-refractivity contribution in [3.8, 4) is 11.5 Å². The van der Waals surface area contributed by atoms with Gasteiger partial charge in [0, 0.05) is 33.6 Å². The molecule has 0 unspecified atom stereocenters. The van der Waals surface area contributed by atoms with Gasteiger partial charge in [-0.15, -0.1) is 0 Å². The van der Waals surface area contributed by atoms with Crippen molar-refractivity contribution in [2.75, 3.05) is 24.9 Å². The second-order valence-corrected chi connectivity index (χ2v) is 9.59. The van der Waals surface area contributed by atoms with E-state index < -0.39 is 23.8 Å². The van der Waals surface area contributed by atoms with Crippen molar-refractivity contribution in [1.82, 2.24) is 0 Å². The fourth-order valence-electron chi connectivity index (χ4n) is 4.63. The lowest BCUT2D eigenvalue weighted by molar-refractivity contribution is -0.256. The molecule has 0 saturated heterocycles. The Balaban J connectivity index is 1.49. The molecule has 10 nitrogen and oxygen atoms in total. The number of anilines is 2. The fourth-order valence-corrected chi connectivity index (χ4v) is 4.63. The molecule has 2 N–H and O–H groups in total. The third kappa shape index (κ3) is 7.76. The maximum Gasteiger partial charge on any atom is 0.228 e. The molecule has 0 aliphatic heterocycles. The van der Waals surface area contributed by atoms with Crippen molar-refractivity contribution >= 4 is 35.1 Å². The number of methoxy groups -OCH3 is 2. The van der Waals surface area contributed by atoms with Crippen LogP contribution in [0.15, 0.2) is 84.9 Å². The molecule has 220 valence electrons. The number of hydrogen-bond acceptors (Lipinski definition) is 8. The van der Waals surface area contributed by atoms with Gasteiger partial charge < -0.3 is 39.9 Å². The minimum absolute atomic E-state index is 0.0357. The zero-order chi connectivity index (χ0) is 30.9. The van der Waals surface area contributed by atoms with E-state index in [1.54, 1.807) is 60.7 Å². The lowest BCUT2D eigenvalue weighted by Gasteiger charge is -2.16. The first kappa shape index (κ1) is 30.3. The second-order valence-electron chi connectivity index (χ2n) is 9.59. The van der Waals surface area contributed by atoms with Gasteiger partial charge >= 0.3 is 0 Å². The smallest absolute Gasteiger partial charge is 0.228 e. The molecule has 0 aromatic heterocycles. The average Bonchev–Trinajstić information content (AvgIpc) is 2.99. The van der Waals surface area contributed by atoms with E-state index in [0.717, 1.165) is 0 Å². The monoisotopic (exact) mass is 580 g/mol. The Morgan fingerprint density at radius 1 is 0.605 bits per heavy atom. The lowest BCUT2D eigenvalue weighted by Crippen LogP contribution is -2.26. The third-order valence-corrected chi connectivity index (χ3v) is 6.65. The van der Waals surface area contributed by atoms with Crippen LogP contribution in [0.4, 0.5) is 11.4 Å². The normalized spacial score (nSPS) is 10.5. The van der Waals surface area contributed by atoms with E-state index in [1.807, 2.05) is 0 Å². The van der Waals surface area contributed by atoms with E-state index in [1.165, 1.54) is 38.5 Å². The van der Waals surface area contributed by atoms with Gasteiger partial charge in [0.1, 0.15) is 11.5 Å². The summed E-state index contributed by atoms with van der Waals surface area (Å²) in [4.78, 5) is 49.2. The summed E-state index contributed by atoms with van der Waals surface area (Å²) >= 11 is 0. The molecule has 43 heavy (non-hydrogen) atoms. The molecule has 4 rings (SSSR count). The molecule has 0 aliphatic carbocycles. The maximum absolute atomic E-state index is 12.7. The quantitative estimate of drug-likeness (QED) is 0.259. The van der Waals surface area contributed by atoms with Gasteiger partial charge in [-0.1, -0.05) is 48.5 Å². The molecule has 0 saturated carbocycles.